The first kappa shape index (κ1) is 20.4. The highest BCUT2D eigenvalue weighted by Crippen LogP contribution is 2.36. The number of carbonyl (C=O) groups is 1. The quantitative estimate of drug-likeness (QED) is 0.803. The number of hydrogen-bond donors (Lipinski definition) is 2. The molecular formula is C19H22ClF3N4O+2. The second kappa shape index (κ2) is 8.36. The number of halogens is 4. The summed E-state index contributed by atoms with van der Waals surface area (Å²) in [5.74, 6) is 0.567. The number of pyridine rings is 1. The minimum Gasteiger partial charge on any atom is -0.320 e. The molecule has 1 amide bonds. The van der Waals surface area contributed by atoms with Gasteiger partial charge in [0, 0.05) is 11.1 Å². The van der Waals surface area contributed by atoms with Crippen LogP contribution in [-0.4, -0.2) is 38.1 Å². The summed E-state index contributed by atoms with van der Waals surface area (Å²) in [6.45, 7) is 4.66. The molecule has 28 heavy (non-hydrogen) atoms. The third kappa shape index (κ3) is 4.74. The lowest BCUT2D eigenvalue weighted by Crippen LogP contribution is -3.19. The summed E-state index contributed by atoms with van der Waals surface area (Å²) in [5.41, 5.74) is -1.22. The lowest BCUT2D eigenvalue weighted by atomic mass is 10.1. The number of aromatic nitrogens is 1. The fraction of sp³-hybridized carbons (Fsp3) is 0.368. The van der Waals surface area contributed by atoms with E-state index in [2.05, 4.69) is 15.2 Å². The molecule has 0 aliphatic carbocycles. The lowest BCUT2D eigenvalue weighted by Gasteiger charge is -2.31. The van der Waals surface area contributed by atoms with Crippen molar-refractivity contribution in [2.45, 2.75) is 19.1 Å². The number of benzene rings is 1. The molecule has 3 rings (SSSR count). The Bertz CT molecular complexity index is 824. The van der Waals surface area contributed by atoms with Gasteiger partial charge in [-0.1, -0.05) is 17.7 Å². The van der Waals surface area contributed by atoms with Crippen molar-refractivity contribution in [2.75, 3.05) is 36.4 Å². The number of aromatic amines is 1. The molecule has 0 saturated carbocycles. The average Bonchev–Trinajstić information content (AvgIpc) is 2.68. The number of alkyl halides is 3. The first-order valence-electron chi connectivity index (χ1n) is 8.99. The Kier molecular flexibility index (Phi) is 6.10. The van der Waals surface area contributed by atoms with Crippen LogP contribution in [0.3, 0.4) is 0 Å². The van der Waals surface area contributed by atoms with E-state index in [9.17, 15) is 18.0 Å². The Morgan fingerprint density at radius 3 is 2.57 bits per heavy atom. The van der Waals surface area contributed by atoms with E-state index in [1.165, 1.54) is 12.1 Å². The van der Waals surface area contributed by atoms with Gasteiger partial charge in [-0.05, 0) is 31.2 Å². The van der Waals surface area contributed by atoms with Crippen LogP contribution in [0.1, 0.15) is 12.5 Å². The van der Waals surface area contributed by atoms with Gasteiger partial charge in [0.2, 0.25) is 0 Å². The van der Waals surface area contributed by atoms with Gasteiger partial charge in [0.05, 0.1) is 17.4 Å². The predicted octanol–water partition coefficient (Wildman–Crippen LogP) is 1.91. The van der Waals surface area contributed by atoms with Gasteiger partial charge < -0.3 is 10.2 Å². The summed E-state index contributed by atoms with van der Waals surface area (Å²) in [5, 5.41) is 2.40. The van der Waals surface area contributed by atoms with E-state index >= 15 is 0 Å². The molecule has 1 aromatic carbocycles. The standard InChI is InChI=1S/C19H20ClF3N4O/c1-13(26-8-10-27(11-9-26)17-4-2-3-7-24-17)18(28)25-16-6-5-14(20)12-15(16)19(21,22)23/h2-7,12-13H,8-11H2,1H3,(H,25,28)/p+2/t13-/m0/s1. The maximum atomic E-state index is 13.2. The average molecular weight is 415 g/mol. The predicted molar refractivity (Wildman–Crippen MR) is 100 cm³/mol. The zero-order valence-corrected chi connectivity index (χ0v) is 16.1. The number of amides is 1. The Labute approximate surface area is 166 Å². The highest BCUT2D eigenvalue weighted by Gasteiger charge is 2.36. The number of quaternary nitrogens is 1. The number of nitrogens with zero attached hydrogens (tertiary/aromatic N) is 1. The van der Waals surface area contributed by atoms with Gasteiger partial charge in [0.15, 0.2) is 6.04 Å². The van der Waals surface area contributed by atoms with E-state index in [1.54, 1.807) is 6.92 Å². The molecule has 5 nitrogen and oxygen atoms in total. The number of rotatable bonds is 4. The molecule has 0 radical (unpaired) electrons. The molecule has 2 heterocycles. The van der Waals surface area contributed by atoms with Crippen LogP contribution in [0.2, 0.25) is 5.02 Å². The first-order chi connectivity index (χ1) is 13.3. The van der Waals surface area contributed by atoms with E-state index in [1.807, 2.05) is 24.4 Å². The normalized spacial score (nSPS) is 16.7. The highest BCUT2D eigenvalue weighted by molar-refractivity contribution is 6.30. The van der Waals surface area contributed by atoms with E-state index in [4.69, 9.17) is 11.6 Å². The van der Waals surface area contributed by atoms with Gasteiger partial charge in [-0.2, -0.15) is 13.2 Å². The maximum absolute atomic E-state index is 13.2. The zero-order valence-electron chi connectivity index (χ0n) is 15.3. The minimum absolute atomic E-state index is 0.0298. The number of H-pyrrole nitrogens is 1. The molecule has 3 N–H and O–H groups in total. The number of anilines is 2. The zero-order chi connectivity index (χ0) is 20.3. The molecule has 2 aromatic rings. The monoisotopic (exact) mass is 414 g/mol. The van der Waals surface area contributed by atoms with Gasteiger partial charge >= 0.3 is 6.18 Å². The number of carbonyl (C=O) groups excluding carboxylic acids is 1. The smallest absolute Gasteiger partial charge is 0.320 e. The SMILES string of the molecule is C[C@@H](C(=O)Nc1ccc(Cl)cc1C(F)(F)F)[NH+]1CCN(c2cccc[nH+]2)CC1. The maximum Gasteiger partial charge on any atom is 0.418 e. The summed E-state index contributed by atoms with van der Waals surface area (Å²) >= 11 is 5.68. The van der Waals surface area contributed by atoms with Crippen molar-refractivity contribution in [3.8, 4) is 0 Å². The highest BCUT2D eigenvalue weighted by atomic mass is 35.5. The summed E-state index contributed by atoms with van der Waals surface area (Å²) in [6.07, 6.45) is -2.74. The van der Waals surface area contributed by atoms with E-state index in [0.29, 0.717) is 13.1 Å². The molecule has 150 valence electrons. The molecule has 0 spiro atoms. The molecule has 9 heteroatoms. The Balaban J connectivity index is 1.63. The molecule has 1 saturated heterocycles. The molecular weight excluding hydrogens is 393 g/mol. The van der Waals surface area contributed by atoms with Crippen LogP contribution in [0.5, 0.6) is 0 Å². The molecule has 1 aromatic heterocycles. The molecule has 1 aliphatic rings. The number of nitrogens with one attached hydrogen (secondary N) is 3. The van der Waals surface area contributed by atoms with Crippen LogP contribution < -0.4 is 20.1 Å². The van der Waals surface area contributed by atoms with Crippen molar-refractivity contribution in [2.24, 2.45) is 0 Å². The molecule has 0 bridgehead atoms. The minimum atomic E-state index is -4.60. The van der Waals surface area contributed by atoms with E-state index < -0.39 is 23.7 Å². The van der Waals surface area contributed by atoms with Crippen molar-refractivity contribution in [1.82, 2.24) is 0 Å². The van der Waals surface area contributed by atoms with Crippen LogP contribution in [0.4, 0.5) is 24.7 Å². The lowest BCUT2D eigenvalue weighted by molar-refractivity contribution is -0.914. The topological polar surface area (TPSA) is 50.9 Å². The molecule has 0 unspecified atom stereocenters. The number of hydrogen-bond acceptors (Lipinski definition) is 2. The summed E-state index contributed by atoms with van der Waals surface area (Å²) in [7, 11) is 0. The largest absolute Gasteiger partial charge is 0.418 e. The van der Waals surface area contributed by atoms with Gasteiger partial charge in [-0.15, -0.1) is 0 Å². The second-order valence-electron chi connectivity index (χ2n) is 6.79. The van der Waals surface area contributed by atoms with Gasteiger partial charge in [-0.25, -0.2) is 4.98 Å². The van der Waals surface area contributed by atoms with Crippen LogP contribution in [-0.2, 0) is 11.0 Å². The Morgan fingerprint density at radius 2 is 1.96 bits per heavy atom. The van der Waals surface area contributed by atoms with Crippen LogP contribution in [0.15, 0.2) is 42.6 Å². The molecule has 1 fully saturated rings. The fourth-order valence-electron chi connectivity index (χ4n) is 3.33. The Morgan fingerprint density at radius 1 is 1.25 bits per heavy atom. The van der Waals surface area contributed by atoms with E-state index in [-0.39, 0.29) is 10.7 Å². The summed E-state index contributed by atoms with van der Waals surface area (Å²) in [4.78, 5) is 19.0. The second-order valence-corrected chi connectivity index (χ2v) is 7.23. The van der Waals surface area contributed by atoms with E-state index in [0.717, 1.165) is 29.9 Å². The van der Waals surface area contributed by atoms with Gasteiger partial charge in [-0.3, -0.25) is 9.69 Å². The van der Waals surface area contributed by atoms with Crippen LogP contribution >= 0.6 is 11.6 Å². The van der Waals surface area contributed by atoms with Crippen molar-refractivity contribution in [1.29, 1.82) is 0 Å². The Hall–Kier alpha value is -2.32. The fourth-order valence-corrected chi connectivity index (χ4v) is 3.51. The van der Waals surface area contributed by atoms with Gasteiger partial charge in [0.25, 0.3) is 11.7 Å². The number of piperazine rings is 1. The first-order valence-corrected chi connectivity index (χ1v) is 9.37. The van der Waals surface area contributed by atoms with Crippen molar-refractivity contribution in [3.63, 3.8) is 0 Å². The van der Waals surface area contributed by atoms with Gasteiger partial charge in [0.1, 0.15) is 26.2 Å². The van der Waals surface area contributed by atoms with Crippen molar-refractivity contribution in [3.05, 3.63) is 53.2 Å². The third-order valence-corrected chi connectivity index (χ3v) is 5.22. The van der Waals surface area contributed by atoms with Crippen LogP contribution in [0.25, 0.3) is 0 Å². The molecule has 1 atom stereocenters. The van der Waals surface area contributed by atoms with Crippen molar-refractivity contribution < 1.29 is 27.8 Å². The van der Waals surface area contributed by atoms with Crippen LogP contribution in [0, 0.1) is 0 Å². The molecule has 1 aliphatic heterocycles. The summed E-state index contributed by atoms with van der Waals surface area (Å²) < 4.78 is 39.6. The van der Waals surface area contributed by atoms with Crippen molar-refractivity contribution >= 4 is 29.0 Å². The third-order valence-electron chi connectivity index (χ3n) is 4.99. The summed E-state index contributed by atoms with van der Waals surface area (Å²) in [6, 6.07) is 8.71.